The lowest BCUT2D eigenvalue weighted by Gasteiger charge is -2.34. The zero-order chi connectivity index (χ0) is 30.0. The van der Waals surface area contributed by atoms with Crippen LogP contribution in [0.5, 0.6) is 5.75 Å². The molecule has 8 nitrogen and oxygen atoms in total. The molecule has 3 aromatic carbocycles. The van der Waals surface area contributed by atoms with Crippen LogP contribution >= 0.6 is 11.6 Å². The molecule has 220 valence electrons. The third kappa shape index (κ3) is 8.24. The van der Waals surface area contributed by atoms with E-state index in [1.165, 1.54) is 30.2 Å². The van der Waals surface area contributed by atoms with Gasteiger partial charge in [-0.1, -0.05) is 74.0 Å². The van der Waals surface area contributed by atoms with Crippen molar-refractivity contribution in [2.24, 2.45) is 0 Å². The van der Waals surface area contributed by atoms with Gasteiger partial charge in [0.25, 0.3) is 10.0 Å². The van der Waals surface area contributed by atoms with Gasteiger partial charge in [0.2, 0.25) is 11.8 Å². The number of nitrogens with one attached hydrogen (secondary N) is 1. The molecule has 0 heterocycles. The van der Waals surface area contributed by atoms with Crippen LogP contribution < -0.4 is 14.4 Å². The van der Waals surface area contributed by atoms with Crippen molar-refractivity contribution in [1.29, 1.82) is 0 Å². The van der Waals surface area contributed by atoms with Crippen molar-refractivity contribution >= 4 is 39.1 Å². The first-order valence-corrected chi connectivity index (χ1v) is 15.5. The van der Waals surface area contributed by atoms with Gasteiger partial charge in [-0.2, -0.15) is 0 Å². The molecule has 0 unspecified atom stereocenters. The zero-order valence-electron chi connectivity index (χ0n) is 23.9. The number of carbonyl (C=O) groups is 2. The Balaban J connectivity index is 2.06. The number of rotatable bonds is 14. The van der Waals surface area contributed by atoms with E-state index in [1.807, 2.05) is 51.1 Å². The maximum absolute atomic E-state index is 14.1. The van der Waals surface area contributed by atoms with Crippen LogP contribution in [-0.4, -0.2) is 57.4 Å². The Morgan fingerprint density at radius 2 is 1.59 bits per heavy atom. The molecule has 3 rings (SSSR count). The van der Waals surface area contributed by atoms with Crippen molar-refractivity contribution in [3.05, 3.63) is 89.4 Å². The highest BCUT2D eigenvalue weighted by molar-refractivity contribution is 7.92. The van der Waals surface area contributed by atoms with Crippen molar-refractivity contribution in [3.8, 4) is 5.75 Å². The van der Waals surface area contributed by atoms with E-state index in [2.05, 4.69) is 5.32 Å². The topological polar surface area (TPSA) is 96.0 Å². The van der Waals surface area contributed by atoms with Crippen LogP contribution in [-0.2, 0) is 26.0 Å². The predicted octanol–water partition coefficient (Wildman–Crippen LogP) is 5.31. The Hall–Kier alpha value is -3.56. The van der Waals surface area contributed by atoms with Crippen LogP contribution in [0.4, 0.5) is 5.69 Å². The second-order valence-corrected chi connectivity index (χ2v) is 12.0. The van der Waals surface area contributed by atoms with E-state index < -0.39 is 28.5 Å². The average molecular weight is 600 g/mol. The molecule has 0 saturated heterocycles. The number of carbonyl (C=O) groups excluding carboxylic acids is 2. The monoisotopic (exact) mass is 599 g/mol. The van der Waals surface area contributed by atoms with Crippen LogP contribution in [0.15, 0.2) is 83.8 Å². The van der Waals surface area contributed by atoms with Crippen LogP contribution in [0.25, 0.3) is 0 Å². The summed E-state index contributed by atoms with van der Waals surface area (Å²) < 4.78 is 34.4. The summed E-state index contributed by atoms with van der Waals surface area (Å²) >= 11 is 6.28. The van der Waals surface area contributed by atoms with Crippen molar-refractivity contribution in [2.75, 3.05) is 24.5 Å². The first-order chi connectivity index (χ1) is 19.6. The van der Waals surface area contributed by atoms with Crippen LogP contribution in [0.3, 0.4) is 0 Å². The molecule has 0 aliphatic heterocycles. The number of nitrogens with zero attached hydrogens (tertiary/aromatic N) is 2. The summed E-state index contributed by atoms with van der Waals surface area (Å²) in [7, 11) is -2.81. The van der Waals surface area contributed by atoms with Crippen molar-refractivity contribution in [2.45, 2.75) is 57.0 Å². The van der Waals surface area contributed by atoms with Gasteiger partial charge in [0.05, 0.1) is 17.7 Å². The molecule has 1 N–H and O–H groups in total. The Morgan fingerprint density at radius 1 is 0.951 bits per heavy atom. The average Bonchev–Trinajstić information content (AvgIpc) is 2.98. The molecule has 0 fully saturated rings. The second kappa shape index (κ2) is 14.9. The van der Waals surface area contributed by atoms with E-state index in [0.717, 1.165) is 16.3 Å². The third-order valence-corrected chi connectivity index (χ3v) is 8.90. The minimum atomic E-state index is -4.23. The SMILES string of the molecule is CC[C@H](C(=O)N[C@@H](C)CC)N(CCc1ccccc1)C(=O)CN(c1cc(Cl)ccc1OC)S(=O)(=O)c1ccccc1. The van der Waals surface area contributed by atoms with E-state index >= 15 is 0 Å². The van der Waals surface area contributed by atoms with Gasteiger partial charge in [0.1, 0.15) is 18.3 Å². The number of hydrogen-bond acceptors (Lipinski definition) is 5. The lowest BCUT2D eigenvalue weighted by Crippen LogP contribution is -2.54. The minimum absolute atomic E-state index is 0.00668. The van der Waals surface area contributed by atoms with E-state index in [9.17, 15) is 18.0 Å². The van der Waals surface area contributed by atoms with Gasteiger partial charge in [0, 0.05) is 17.6 Å². The van der Waals surface area contributed by atoms with Crippen molar-refractivity contribution in [1.82, 2.24) is 10.2 Å². The molecule has 0 aromatic heterocycles. The van der Waals surface area contributed by atoms with Crippen LogP contribution in [0.1, 0.15) is 39.2 Å². The molecule has 41 heavy (non-hydrogen) atoms. The summed E-state index contributed by atoms with van der Waals surface area (Å²) in [5, 5.41) is 3.26. The molecular formula is C31H38ClN3O5S. The van der Waals surface area contributed by atoms with Gasteiger partial charge in [-0.3, -0.25) is 13.9 Å². The summed E-state index contributed by atoms with van der Waals surface area (Å²) in [6, 6.07) is 21.2. The van der Waals surface area contributed by atoms with E-state index in [1.54, 1.807) is 30.3 Å². The maximum atomic E-state index is 14.1. The molecule has 0 aliphatic carbocycles. The zero-order valence-corrected chi connectivity index (χ0v) is 25.5. The third-order valence-electron chi connectivity index (χ3n) is 6.89. The summed E-state index contributed by atoms with van der Waals surface area (Å²) in [5.74, 6) is -0.561. The van der Waals surface area contributed by atoms with Crippen molar-refractivity contribution < 1.29 is 22.7 Å². The van der Waals surface area contributed by atoms with Gasteiger partial charge < -0.3 is 15.0 Å². The second-order valence-electron chi connectivity index (χ2n) is 9.71. The fraction of sp³-hybridized carbons (Fsp3) is 0.355. The quantitative estimate of drug-likeness (QED) is 0.271. The van der Waals surface area contributed by atoms with E-state index in [4.69, 9.17) is 16.3 Å². The smallest absolute Gasteiger partial charge is 0.264 e. The number of amides is 2. The number of methoxy groups -OCH3 is 1. The predicted molar refractivity (Wildman–Crippen MR) is 163 cm³/mol. The largest absolute Gasteiger partial charge is 0.495 e. The maximum Gasteiger partial charge on any atom is 0.264 e. The molecular weight excluding hydrogens is 562 g/mol. The molecule has 2 amide bonds. The molecule has 3 aromatic rings. The minimum Gasteiger partial charge on any atom is -0.495 e. The molecule has 0 spiro atoms. The van der Waals surface area contributed by atoms with Gasteiger partial charge in [0.15, 0.2) is 0 Å². The standard InChI is InChI=1S/C31H38ClN3O5S/c1-5-23(3)33-31(37)27(6-2)34(20-19-24-13-9-7-10-14-24)30(36)22-35(28-21-25(32)17-18-29(28)40-4)41(38,39)26-15-11-8-12-16-26/h7-18,21,23,27H,5-6,19-20,22H2,1-4H3,(H,33,37)/t23-,27+/m0/s1. The number of anilines is 1. The molecule has 0 saturated carbocycles. The fourth-order valence-electron chi connectivity index (χ4n) is 4.43. The number of benzene rings is 3. The molecule has 0 bridgehead atoms. The fourth-order valence-corrected chi connectivity index (χ4v) is 6.03. The number of sulfonamides is 1. The molecule has 10 heteroatoms. The highest BCUT2D eigenvalue weighted by Gasteiger charge is 2.34. The lowest BCUT2D eigenvalue weighted by molar-refractivity contribution is -0.139. The Morgan fingerprint density at radius 3 is 2.17 bits per heavy atom. The summed E-state index contributed by atoms with van der Waals surface area (Å²) in [6.45, 7) is 5.37. The number of ether oxygens (including phenoxy) is 1. The van der Waals surface area contributed by atoms with Crippen LogP contribution in [0.2, 0.25) is 5.02 Å². The normalized spacial score (nSPS) is 12.7. The molecule has 2 atom stereocenters. The van der Waals surface area contributed by atoms with Crippen LogP contribution in [0, 0.1) is 0 Å². The first-order valence-electron chi connectivity index (χ1n) is 13.7. The molecule has 0 radical (unpaired) electrons. The Kier molecular flexibility index (Phi) is 11.6. The Bertz CT molecular complexity index is 1400. The summed E-state index contributed by atoms with van der Waals surface area (Å²) in [4.78, 5) is 29.0. The summed E-state index contributed by atoms with van der Waals surface area (Å²) in [5.41, 5.74) is 1.12. The molecule has 0 aliphatic rings. The number of halogens is 1. The highest BCUT2D eigenvalue weighted by Crippen LogP contribution is 2.35. The van der Waals surface area contributed by atoms with Gasteiger partial charge in [-0.15, -0.1) is 0 Å². The lowest BCUT2D eigenvalue weighted by atomic mass is 10.1. The Labute approximate surface area is 248 Å². The van der Waals surface area contributed by atoms with E-state index in [0.29, 0.717) is 12.8 Å². The van der Waals surface area contributed by atoms with E-state index in [-0.39, 0.29) is 39.8 Å². The first kappa shape index (κ1) is 32.0. The van der Waals surface area contributed by atoms with Gasteiger partial charge in [-0.05, 0) is 62.1 Å². The van der Waals surface area contributed by atoms with Gasteiger partial charge in [-0.25, -0.2) is 8.42 Å². The number of hydrogen-bond donors (Lipinski definition) is 1. The summed E-state index contributed by atoms with van der Waals surface area (Å²) in [6.07, 6.45) is 1.58. The van der Waals surface area contributed by atoms with Gasteiger partial charge >= 0.3 is 0 Å². The highest BCUT2D eigenvalue weighted by atomic mass is 35.5. The van der Waals surface area contributed by atoms with Crippen molar-refractivity contribution in [3.63, 3.8) is 0 Å².